The zero-order valence-electron chi connectivity index (χ0n) is 15.8. The molecular weight excluding hydrogens is 386 g/mol. The van der Waals surface area contributed by atoms with Crippen LogP contribution in [0.5, 0.6) is 0 Å². The number of rotatable bonds is 5. The van der Waals surface area contributed by atoms with Crippen LogP contribution >= 0.6 is 0 Å². The van der Waals surface area contributed by atoms with Gasteiger partial charge in [0, 0.05) is 11.1 Å². The minimum atomic E-state index is -0.611. The second-order valence-electron chi connectivity index (χ2n) is 6.55. The Morgan fingerprint density at radius 3 is 2.30 bits per heavy atom. The molecule has 30 heavy (non-hydrogen) atoms. The van der Waals surface area contributed by atoms with Gasteiger partial charge in [0.1, 0.15) is 23.6 Å². The van der Waals surface area contributed by atoms with E-state index in [0.29, 0.717) is 22.8 Å². The molecule has 9 heteroatoms. The Balaban J connectivity index is 1.50. The van der Waals surface area contributed by atoms with E-state index >= 15 is 0 Å². The van der Waals surface area contributed by atoms with Gasteiger partial charge in [-0.1, -0.05) is 71.0 Å². The number of aryl methyl sites for hydroxylation is 1. The summed E-state index contributed by atoms with van der Waals surface area (Å²) in [4.78, 5) is 12.2. The van der Waals surface area contributed by atoms with E-state index in [2.05, 4.69) is 20.5 Å². The van der Waals surface area contributed by atoms with E-state index in [1.165, 1.54) is 4.57 Å². The lowest BCUT2D eigenvalue weighted by molar-refractivity contribution is 0.373. The summed E-state index contributed by atoms with van der Waals surface area (Å²) in [5, 5.41) is 16.2. The van der Waals surface area contributed by atoms with Crippen LogP contribution in [-0.2, 0) is 6.54 Å². The van der Waals surface area contributed by atoms with Crippen LogP contribution in [0.15, 0.2) is 78.9 Å². The largest absolute Gasteiger partial charge is 0.442 e. The van der Waals surface area contributed by atoms with E-state index in [4.69, 9.17) is 13.5 Å². The fourth-order valence-corrected chi connectivity index (χ4v) is 3.17. The van der Waals surface area contributed by atoms with Crippen molar-refractivity contribution in [3.05, 3.63) is 82.9 Å². The van der Waals surface area contributed by atoms with E-state index in [0.717, 1.165) is 11.1 Å². The summed E-state index contributed by atoms with van der Waals surface area (Å²) in [5.74, 6) is 0.808. The van der Waals surface area contributed by atoms with Gasteiger partial charge in [-0.25, -0.2) is 9.36 Å². The smallest absolute Gasteiger partial charge is 0.419 e. The molecule has 148 valence electrons. The van der Waals surface area contributed by atoms with Crippen LogP contribution in [-0.4, -0.2) is 25.1 Å². The van der Waals surface area contributed by atoms with Gasteiger partial charge in [0.25, 0.3) is 5.89 Å². The average molecular weight is 401 g/mol. The van der Waals surface area contributed by atoms with Crippen molar-refractivity contribution in [2.24, 2.45) is 0 Å². The van der Waals surface area contributed by atoms with E-state index in [-0.39, 0.29) is 18.3 Å². The summed E-state index contributed by atoms with van der Waals surface area (Å²) in [5.41, 5.74) is 2.83. The van der Waals surface area contributed by atoms with Gasteiger partial charge in [0.05, 0.1) is 0 Å². The molecule has 0 N–H and O–H groups in total. The minimum absolute atomic E-state index is 0.0184. The molecule has 0 aliphatic carbocycles. The van der Waals surface area contributed by atoms with E-state index in [1.807, 2.05) is 60.7 Å². The highest BCUT2D eigenvalue weighted by Crippen LogP contribution is 2.33. The minimum Gasteiger partial charge on any atom is -0.419 e. The molecule has 0 saturated heterocycles. The lowest BCUT2D eigenvalue weighted by Crippen LogP contribution is -2.16. The molecule has 0 spiro atoms. The van der Waals surface area contributed by atoms with E-state index in [1.54, 1.807) is 6.92 Å². The predicted molar refractivity (Wildman–Crippen MR) is 105 cm³/mol. The van der Waals surface area contributed by atoms with E-state index in [9.17, 15) is 4.79 Å². The van der Waals surface area contributed by atoms with Gasteiger partial charge in [0.2, 0.25) is 5.89 Å². The first-order valence-electron chi connectivity index (χ1n) is 9.17. The first-order valence-corrected chi connectivity index (χ1v) is 9.17. The normalized spacial score (nSPS) is 11.1. The second-order valence-corrected chi connectivity index (χ2v) is 6.55. The maximum Gasteiger partial charge on any atom is 0.442 e. The first kappa shape index (κ1) is 17.8. The summed E-state index contributed by atoms with van der Waals surface area (Å²) < 4.78 is 17.4. The number of hydrogen-bond donors (Lipinski definition) is 0. The predicted octanol–water partition coefficient (Wildman–Crippen LogP) is 3.57. The highest BCUT2D eigenvalue weighted by molar-refractivity contribution is 5.77. The topological polar surface area (TPSA) is 113 Å². The Morgan fingerprint density at radius 1 is 0.867 bits per heavy atom. The molecule has 0 fully saturated rings. The van der Waals surface area contributed by atoms with E-state index < -0.39 is 5.76 Å². The van der Waals surface area contributed by atoms with Crippen LogP contribution in [0, 0.1) is 6.92 Å². The van der Waals surface area contributed by atoms with Crippen molar-refractivity contribution < 1.29 is 13.5 Å². The van der Waals surface area contributed by atoms with Crippen molar-refractivity contribution in [1.82, 2.24) is 25.1 Å². The van der Waals surface area contributed by atoms with Crippen molar-refractivity contribution in [3.63, 3.8) is 0 Å². The number of hydrogen-bond acceptors (Lipinski definition) is 8. The average Bonchev–Trinajstić information content (AvgIpc) is 3.49. The second kappa shape index (κ2) is 7.28. The lowest BCUT2D eigenvalue weighted by Gasteiger charge is -2.01. The molecule has 0 atom stereocenters. The van der Waals surface area contributed by atoms with Crippen molar-refractivity contribution >= 4 is 0 Å². The summed E-state index contributed by atoms with van der Waals surface area (Å²) in [6.07, 6.45) is 0. The van der Waals surface area contributed by atoms with Gasteiger partial charge in [-0.3, -0.25) is 4.52 Å². The van der Waals surface area contributed by atoms with Crippen LogP contribution in [0.25, 0.3) is 34.1 Å². The summed E-state index contributed by atoms with van der Waals surface area (Å²) in [7, 11) is 0. The Morgan fingerprint density at radius 2 is 1.57 bits per heavy atom. The molecule has 5 aromatic rings. The Bertz CT molecular complexity index is 1350. The Labute approximate surface area is 169 Å². The van der Waals surface area contributed by atoms with Crippen molar-refractivity contribution in [2.75, 3.05) is 0 Å². The summed E-state index contributed by atoms with van der Waals surface area (Å²) in [6.45, 7) is 1.79. The Hall–Kier alpha value is -4.27. The molecule has 0 aliphatic rings. The lowest BCUT2D eigenvalue weighted by atomic mass is 10.1. The SMILES string of the molecule is Cc1onc(-c2ccccc2)c1-c1nnc(Cn2c(-c3ccccc3)noc2=O)o1. The number of aromatic nitrogens is 5. The monoisotopic (exact) mass is 401 g/mol. The number of benzene rings is 2. The molecule has 9 nitrogen and oxygen atoms in total. The molecule has 0 radical (unpaired) electrons. The van der Waals surface area contributed by atoms with Crippen LogP contribution < -0.4 is 5.76 Å². The molecule has 0 saturated carbocycles. The molecule has 5 rings (SSSR count). The molecule has 0 amide bonds. The molecule has 3 heterocycles. The summed E-state index contributed by atoms with van der Waals surface area (Å²) in [6, 6.07) is 18.8. The molecule has 3 aromatic heterocycles. The fraction of sp³-hybridized carbons (Fsp3) is 0.0952. The van der Waals surface area contributed by atoms with Crippen LogP contribution in [0.2, 0.25) is 0 Å². The van der Waals surface area contributed by atoms with Gasteiger partial charge < -0.3 is 8.94 Å². The third-order valence-electron chi connectivity index (χ3n) is 4.60. The Kier molecular flexibility index (Phi) is 4.32. The fourth-order valence-electron chi connectivity index (χ4n) is 3.17. The van der Waals surface area contributed by atoms with Crippen LogP contribution in [0.3, 0.4) is 0 Å². The van der Waals surface area contributed by atoms with Gasteiger partial charge in [0.15, 0.2) is 5.82 Å². The number of nitrogens with zero attached hydrogens (tertiary/aromatic N) is 5. The maximum absolute atomic E-state index is 12.2. The molecule has 0 bridgehead atoms. The van der Waals surface area contributed by atoms with Crippen molar-refractivity contribution in [3.8, 4) is 34.1 Å². The standard InChI is InChI=1S/C21H15N5O4/c1-13-17(18(24-29-13)14-8-4-2-5-9-14)20-23-22-16(28-20)12-26-19(25-30-21(26)27)15-10-6-3-7-11-15/h2-11H,12H2,1H3. The van der Waals surface area contributed by atoms with Crippen molar-refractivity contribution in [1.29, 1.82) is 0 Å². The zero-order valence-corrected chi connectivity index (χ0v) is 15.8. The zero-order chi connectivity index (χ0) is 20.5. The maximum atomic E-state index is 12.2. The van der Waals surface area contributed by atoms with Crippen LogP contribution in [0.1, 0.15) is 11.7 Å². The summed E-state index contributed by atoms with van der Waals surface area (Å²) >= 11 is 0. The highest BCUT2D eigenvalue weighted by atomic mass is 16.5. The molecule has 0 unspecified atom stereocenters. The quantitative estimate of drug-likeness (QED) is 0.439. The van der Waals surface area contributed by atoms with Crippen LogP contribution in [0.4, 0.5) is 0 Å². The molecule has 0 aliphatic heterocycles. The molecule has 2 aromatic carbocycles. The van der Waals surface area contributed by atoms with Gasteiger partial charge in [-0.2, -0.15) is 0 Å². The van der Waals surface area contributed by atoms with Gasteiger partial charge >= 0.3 is 5.76 Å². The molecular formula is C21H15N5O4. The van der Waals surface area contributed by atoms with Crippen molar-refractivity contribution in [2.45, 2.75) is 13.5 Å². The third-order valence-corrected chi connectivity index (χ3v) is 4.60. The third kappa shape index (κ3) is 3.12. The highest BCUT2D eigenvalue weighted by Gasteiger charge is 2.23. The van der Waals surface area contributed by atoms with Gasteiger partial charge in [-0.05, 0) is 6.92 Å². The van der Waals surface area contributed by atoms with Gasteiger partial charge in [-0.15, -0.1) is 10.2 Å². The first-order chi connectivity index (χ1) is 14.7.